The summed E-state index contributed by atoms with van der Waals surface area (Å²) in [6, 6.07) is 7.53. The summed E-state index contributed by atoms with van der Waals surface area (Å²) in [7, 11) is 0. The molecule has 0 saturated heterocycles. The maximum Gasteiger partial charge on any atom is 0.303 e. The van der Waals surface area contributed by atoms with E-state index in [9.17, 15) is 4.79 Å². The van der Waals surface area contributed by atoms with Gasteiger partial charge in [-0.05, 0) is 38.5 Å². The standard InChI is InChI=1S/C14H17ClN2O2/c1-10(2)17(7-3-4-14(18)19)12-6-5-11(9-16)13(15)8-12/h5-6,8,10H,3-4,7H2,1-2H3,(H,18,19). The first kappa shape index (κ1) is 15.3. The van der Waals surface area contributed by atoms with E-state index in [1.165, 1.54) is 0 Å². The van der Waals surface area contributed by atoms with Crippen molar-refractivity contribution in [2.75, 3.05) is 11.4 Å². The van der Waals surface area contributed by atoms with Crippen molar-refractivity contribution < 1.29 is 9.90 Å². The van der Waals surface area contributed by atoms with Crippen LogP contribution in [0.4, 0.5) is 5.69 Å². The average Bonchev–Trinajstić information content (AvgIpc) is 2.33. The lowest BCUT2D eigenvalue weighted by molar-refractivity contribution is -0.137. The summed E-state index contributed by atoms with van der Waals surface area (Å²) in [4.78, 5) is 12.6. The van der Waals surface area contributed by atoms with E-state index in [1.54, 1.807) is 12.1 Å². The van der Waals surface area contributed by atoms with Gasteiger partial charge in [0.1, 0.15) is 6.07 Å². The molecule has 0 unspecified atom stereocenters. The molecule has 5 heteroatoms. The molecule has 0 aromatic heterocycles. The lowest BCUT2D eigenvalue weighted by atomic mass is 10.1. The predicted octanol–water partition coefficient (Wildman–Crippen LogP) is 3.29. The molecule has 0 aliphatic heterocycles. The van der Waals surface area contributed by atoms with Gasteiger partial charge in [0, 0.05) is 24.7 Å². The number of carbonyl (C=O) groups is 1. The number of nitriles is 1. The van der Waals surface area contributed by atoms with Crippen LogP contribution in [0.3, 0.4) is 0 Å². The summed E-state index contributed by atoms with van der Waals surface area (Å²) in [5, 5.41) is 17.9. The van der Waals surface area contributed by atoms with Crippen LogP contribution >= 0.6 is 11.6 Å². The Morgan fingerprint density at radius 1 is 1.53 bits per heavy atom. The SMILES string of the molecule is CC(C)N(CCCC(=O)O)c1ccc(C#N)c(Cl)c1. The number of nitrogens with zero attached hydrogens (tertiary/aromatic N) is 2. The van der Waals surface area contributed by atoms with Crippen LogP contribution in [0.2, 0.25) is 5.02 Å². The average molecular weight is 281 g/mol. The van der Waals surface area contributed by atoms with E-state index in [2.05, 4.69) is 4.90 Å². The van der Waals surface area contributed by atoms with Crippen molar-refractivity contribution >= 4 is 23.3 Å². The molecule has 102 valence electrons. The van der Waals surface area contributed by atoms with Gasteiger partial charge in [0.2, 0.25) is 0 Å². The molecule has 19 heavy (non-hydrogen) atoms. The van der Waals surface area contributed by atoms with Gasteiger partial charge < -0.3 is 10.0 Å². The maximum absolute atomic E-state index is 10.5. The molecule has 1 N–H and O–H groups in total. The van der Waals surface area contributed by atoms with Gasteiger partial charge in [-0.25, -0.2) is 0 Å². The minimum absolute atomic E-state index is 0.146. The highest BCUT2D eigenvalue weighted by atomic mass is 35.5. The Kier molecular flexibility index (Phi) is 5.65. The van der Waals surface area contributed by atoms with Crippen molar-refractivity contribution in [2.24, 2.45) is 0 Å². The third kappa shape index (κ3) is 4.46. The van der Waals surface area contributed by atoms with Gasteiger partial charge in [-0.15, -0.1) is 0 Å². The highest BCUT2D eigenvalue weighted by Gasteiger charge is 2.12. The van der Waals surface area contributed by atoms with E-state index in [1.807, 2.05) is 26.0 Å². The number of benzene rings is 1. The molecule has 0 fully saturated rings. The van der Waals surface area contributed by atoms with Gasteiger partial charge in [0.25, 0.3) is 0 Å². The fourth-order valence-electron chi connectivity index (χ4n) is 1.86. The molecule has 0 radical (unpaired) electrons. The van der Waals surface area contributed by atoms with E-state index in [-0.39, 0.29) is 12.5 Å². The van der Waals surface area contributed by atoms with E-state index >= 15 is 0 Å². The topological polar surface area (TPSA) is 64.3 Å². The third-order valence-corrected chi connectivity index (χ3v) is 3.13. The summed E-state index contributed by atoms with van der Waals surface area (Å²) in [6.45, 7) is 4.71. The van der Waals surface area contributed by atoms with E-state index < -0.39 is 5.97 Å². The number of carboxylic acid groups (broad SMARTS) is 1. The Labute approximate surface area is 118 Å². The Hall–Kier alpha value is -1.73. The first-order valence-electron chi connectivity index (χ1n) is 6.13. The van der Waals surface area contributed by atoms with Gasteiger partial charge in [0.15, 0.2) is 0 Å². The highest BCUT2D eigenvalue weighted by Crippen LogP contribution is 2.25. The predicted molar refractivity (Wildman–Crippen MR) is 75.5 cm³/mol. The van der Waals surface area contributed by atoms with E-state index in [0.29, 0.717) is 23.6 Å². The molecule has 0 aliphatic rings. The third-order valence-electron chi connectivity index (χ3n) is 2.82. The molecular weight excluding hydrogens is 264 g/mol. The number of hydrogen-bond acceptors (Lipinski definition) is 3. The minimum atomic E-state index is -0.790. The zero-order valence-corrected chi connectivity index (χ0v) is 11.8. The number of rotatable bonds is 6. The van der Waals surface area contributed by atoms with Crippen LogP contribution in [0, 0.1) is 11.3 Å². The van der Waals surface area contributed by atoms with Crippen LogP contribution in [0.5, 0.6) is 0 Å². The molecule has 4 nitrogen and oxygen atoms in total. The summed E-state index contributed by atoms with van der Waals surface area (Å²) >= 11 is 6.02. The lowest BCUT2D eigenvalue weighted by Gasteiger charge is -2.29. The molecule has 0 bridgehead atoms. The number of aliphatic carboxylic acids is 1. The molecule has 0 amide bonds. The highest BCUT2D eigenvalue weighted by molar-refractivity contribution is 6.32. The Bertz CT molecular complexity index is 495. The summed E-state index contributed by atoms with van der Waals surface area (Å²) < 4.78 is 0. The minimum Gasteiger partial charge on any atom is -0.481 e. The molecular formula is C14H17ClN2O2. The van der Waals surface area contributed by atoms with Crippen LogP contribution in [-0.4, -0.2) is 23.7 Å². The molecule has 1 aromatic carbocycles. The Morgan fingerprint density at radius 3 is 2.68 bits per heavy atom. The van der Waals surface area contributed by atoms with Gasteiger partial charge in [-0.2, -0.15) is 5.26 Å². The summed E-state index contributed by atoms with van der Waals surface area (Å²) in [5.41, 5.74) is 1.35. The van der Waals surface area contributed by atoms with Crippen molar-refractivity contribution in [1.29, 1.82) is 5.26 Å². The summed E-state index contributed by atoms with van der Waals surface area (Å²) in [5.74, 6) is -0.790. The molecule has 0 heterocycles. The number of hydrogen-bond donors (Lipinski definition) is 1. The van der Waals surface area contributed by atoms with Crippen LogP contribution in [0.25, 0.3) is 0 Å². The van der Waals surface area contributed by atoms with E-state index in [0.717, 1.165) is 5.69 Å². The molecule has 0 aliphatic carbocycles. The first-order chi connectivity index (χ1) is 8.95. The van der Waals surface area contributed by atoms with Crippen molar-refractivity contribution in [1.82, 2.24) is 0 Å². The van der Waals surface area contributed by atoms with Crippen molar-refractivity contribution in [3.63, 3.8) is 0 Å². The van der Waals surface area contributed by atoms with Crippen LogP contribution in [0.1, 0.15) is 32.3 Å². The Balaban J connectivity index is 2.84. The molecule has 0 atom stereocenters. The second-order valence-corrected chi connectivity index (χ2v) is 4.97. The normalized spacial score (nSPS) is 10.3. The smallest absolute Gasteiger partial charge is 0.303 e. The van der Waals surface area contributed by atoms with Crippen molar-refractivity contribution in [3.05, 3.63) is 28.8 Å². The Morgan fingerprint density at radius 2 is 2.21 bits per heavy atom. The van der Waals surface area contributed by atoms with Crippen LogP contribution in [-0.2, 0) is 4.79 Å². The number of carboxylic acids is 1. The van der Waals surface area contributed by atoms with Crippen molar-refractivity contribution in [2.45, 2.75) is 32.7 Å². The van der Waals surface area contributed by atoms with Gasteiger partial charge >= 0.3 is 5.97 Å². The first-order valence-corrected chi connectivity index (χ1v) is 6.51. The van der Waals surface area contributed by atoms with Crippen molar-refractivity contribution in [3.8, 4) is 6.07 Å². The van der Waals surface area contributed by atoms with Gasteiger partial charge in [-0.1, -0.05) is 11.6 Å². The quantitative estimate of drug-likeness (QED) is 0.868. The largest absolute Gasteiger partial charge is 0.481 e. The monoisotopic (exact) mass is 280 g/mol. The van der Waals surface area contributed by atoms with E-state index in [4.69, 9.17) is 22.0 Å². The molecule has 0 spiro atoms. The second-order valence-electron chi connectivity index (χ2n) is 4.56. The zero-order chi connectivity index (χ0) is 14.4. The molecule has 1 rings (SSSR count). The number of halogens is 1. The zero-order valence-electron chi connectivity index (χ0n) is 11.1. The van der Waals surface area contributed by atoms with Gasteiger partial charge in [-0.3, -0.25) is 4.79 Å². The van der Waals surface area contributed by atoms with Crippen LogP contribution in [0.15, 0.2) is 18.2 Å². The fourth-order valence-corrected chi connectivity index (χ4v) is 2.08. The lowest BCUT2D eigenvalue weighted by Crippen LogP contribution is -2.32. The summed E-state index contributed by atoms with van der Waals surface area (Å²) in [6.07, 6.45) is 0.721. The number of anilines is 1. The van der Waals surface area contributed by atoms with Crippen LogP contribution < -0.4 is 4.90 Å². The maximum atomic E-state index is 10.5. The fraction of sp³-hybridized carbons (Fsp3) is 0.429. The molecule has 0 saturated carbocycles. The van der Waals surface area contributed by atoms with Gasteiger partial charge in [0.05, 0.1) is 10.6 Å². The second kappa shape index (κ2) is 7.01. The molecule has 1 aromatic rings.